The van der Waals surface area contributed by atoms with Crippen LogP contribution in [0.5, 0.6) is 0 Å². The van der Waals surface area contributed by atoms with Crippen molar-refractivity contribution in [2.75, 3.05) is 5.32 Å². The molecule has 2 aromatic rings. The van der Waals surface area contributed by atoms with E-state index >= 15 is 0 Å². The second kappa shape index (κ2) is 5.74. The van der Waals surface area contributed by atoms with Crippen LogP contribution in [0.1, 0.15) is 36.4 Å². The molecule has 3 rings (SSSR count). The van der Waals surface area contributed by atoms with Crippen LogP contribution in [-0.2, 0) is 4.79 Å². The minimum absolute atomic E-state index is 0.0500. The highest BCUT2D eigenvalue weighted by Crippen LogP contribution is 2.39. The Hall–Kier alpha value is -2.36. The average Bonchev–Trinajstić information content (AvgIpc) is 3.21. The lowest BCUT2D eigenvalue weighted by molar-refractivity contribution is -0.115. The molecule has 0 atom stereocenters. The van der Waals surface area contributed by atoms with E-state index < -0.39 is 0 Å². The summed E-state index contributed by atoms with van der Waals surface area (Å²) >= 11 is 0. The minimum Gasteiger partial charge on any atom is -0.309 e. The molecule has 0 spiro atoms. The maximum absolute atomic E-state index is 11.8. The Labute approximate surface area is 117 Å². The number of hydrogen-bond acceptors (Lipinski definition) is 2. The molecular formula is C16H17N3O. The van der Waals surface area contributed by atoms with Gasteiger partial charge in [-0.2, -0.15) is 5.10 Å². The first kappa shape index (κ1) is 12.7. The van der Waals surface area contributed by atoms with Crippen molar-refractivity contribution >= 4 is 17.8 Å². The Morgan fingerprint density at radius 2 is 2.15 bits per heavy atom. The lowest BCUT2D eigenvalue weighted by Gasteiger charge is -1.97. The molecule has 102 valence electrons. The van der Waals surface area contributed by atoms with Gasteiger partial charge in [-0.1, -0.05) is 42.5 Å². The summed E-state index contributed by atoms with van der Waals surface area (Å²) in [6, 6.07) is 11.9. The Morgan fingerprint density at radius 3 is 2.90 bits per heavy atom. The number of rotatable bonds is 5. The second-order valence-corrected chi connectivity index (χ2v) is 5.05. The van der Waals surface area contributed by atoms with Crippen LogP contribution in [0.2, 0.25) is 0 Å². The van der Waals surface area contributed by atoms with Crippen LogP contribution in [0, 0.1) is 0 Å². The highest BCUT2D eigenvalue weighted by molar-refractivity contribution is 5.91. The van der Waals surface area contributed by atoms with Gasteiger partial charge in [0.2, 0.25) is 5.91 Å². The van der Waals surface area contributed by atoms with Gasteiger partial charge in [0, 0.05) is 24.1 Å². The quantitative estimate of drug-likeness (QED) is 0.873. The predicted octanol–water partition coefficient (Wildman–Crippen LogP) is 3.33. The Kier molecular flexibility index (Phi) is 3.63. The van der Waals surface area contributed by atoms with E-state index in [1.165, 1.54) is 12.8 Å². The van der Waals surface area contributed by atoms with Crippen LogP contribution in [-0.4, -0.2) is 16.1 Å². The molecule has 20 heavy (non-hydrogen) atoms. The average molecular weight is 267 g/mol. The van der Waals surface area contributed by atoms with Gasteiger partial charge in [0.15, 0.2) is 5.82 Å². The first-order chi connectivity index (χ1) is 9.81. The summed E-state index contributed by atoms with van der Waals surface area (Å²) in [5.74, 6) is 1.18. The summed E-state index contributed by atoms with van der Waals surface area (Å²) in [5, 5.41) is 9.87. The fourth-order valence-electron chi connectivity index (χ4n) is 2.06. The number of H-pyrrole nitrogens is 1. The summed E-state index contributed by atoms with van der Waals surface area (Å²) in [4.78, 5) is 11.8. The van der Waals surface area contributed by atoms with Gasteiger partial charge in [-0.15, -0.1) is 0 Å². The van der Waals surface area contributed by atoms with Crippen LogP contribution >= 0.6 is 0 Å². The number of aromatic nitrogens is 2. The summed E-state index contributed by atoms with van der Waals surface area (Å²) < 4.78 is 0. The monoisotopic (exact) mass is 267 g/mol. The van der Waals surface area contributed by atoms with Crippen LogP contribution in [0.3, 0.4) is 0 Å². The molecule has 4 heteroatoms. The summed E-state index contributed by atoms with van der Waals surface area (Å²) in [5.41, 5.74) is 2.22. The van der Waals surface area contributed by atoms with Gasteiger partial charge in [0.05, 0.1) is 0 Å². The van der Waals surface area contributed by atoms with Gasteiger partial charge in [-0.3, -0.25) is 9.89 Å². The maximum Gasteiger partial charge on any atom is 0.229 e. The normalized spacial score (nSPS) is 14.6. The molecule has 1 heterocycles. The number of benzene rings is 1. The topological polar surface area (TPSA) is 57.8 Å². The molecule has 0 unspecified atom stereocenters. The van der Waals surface area contributed by atoms with Crippen LogP contribution in [0.15, 0.2) is 42.5 Å². The van der Waals surface area contributed by atoms with E-state index in [9.17, 15) is 4.79 Å². The highest BCUT2D eigenvalue weighted by atomic mass is 16.1. The number of amides is 1. The number of hydrogen-bond donors (Lipinski definition) is 2. The van der Waals surface area contributed by atoms with Crippen molar-refractivity contribution in [3.05, 3.63) is 53.7 Å². The molecule has 0 aliphatic heterocycles. The third-order valence-corrected chi connectivity index (χ3v) is 3.30. The van der Waals surface area contributed by atoms with E-state index in [-0.39, 0.29) is 5.91 Å². The maximum atomic E-state index is 11.8. The van der Waals surface area contributed by atoms with E-state index in [0.29, 0.717) is 18.2 Å². The third kappa shape index (κ3) is 3.35. The zero-order chi connectivity index (χ0) is 13.8. The second-order valence-electron chi connectivity index (χ2n) is 5.05. The summed E-state index contributed by atoms with van der Waals surface area (Å²) in [6.45, 7) is 0. The van der Waals surface area contributed by atoms with Gasteiger partial charge in [-0.05, 0) is 18.4 Å². The Bertz CT molecular complexity index is 612. The smallest absolute Gasteiger partial charge is 0.229 e. The Morgan fingerprint density at radius 1 is 1.35 bits per heavy atom. The highest BCUT2D eigenvalue weighted by Gasteiger charge is 2.25. The molecule has 1 aromatic carbocycles. The van der Waals surface area contributed by atoms with E-state index in [4.69, 9.17) is 0 Å². The van der Waals surface area contributed by atoms with E-state index in [2.05, 4.69) is 15.5 Å². The molecule has 2 N–H and O–H groups in total. The van der Waals surface area contributed by atoms with E-state index in [1.807, 2.05) is 48.6 Å². The molecule has 1 aromatic heterocycles. The molecule has 4 nitrogen and oxygen atoms in total. The fraction of sp³-hybridized carbons (Fsp3) is 0.250. The molecular weight excluding hydrogens is 250 g/mol. The number of aromatic amines is 1. The standard InChI is InChI=1S/C16H17N3O/c20-16(8-4-7-12-5-2-1-3-6-12)17-15-11-14(18-19-15)13-9-10-13/h1-7,11,13H,8-10H2,(H2,17,18,19,20)/b7-4+. The summed E-state index contributed by atoms with van der Waals surface area (Å²) in [6.07, 6.45) is 6.59. The molecule has 1 amide bonds. The van der Waals surface area contributed by atoms with Crippen molar-refractivity contribution in [3.8, 4) is 0 Å². The fourth-order valence-corrected chi connectivity index (χ4v) is 2.06. The van der Waals surface area contributed by atoms with E-state index in [0.717, 1.165) is 11.3 Å². The molecule has 0 saturated heterocycles. The van der Waals surface area contributed by atoms with Crippen molar-refractivity contribution in [2.24, 2.45) is 0 Å². The van der Waals surface area contributed by atoms with Gasteiger partial charge in [0.25, 0.3) is 0 Å². The van der Waals surface area contributed by atoms with Crippen molar-refractivity contribution in [3.63, 3.8) is 0 Å². The Balaban J connectivity index is 1.50. The first-order valence-electron chi connectivity index (χ1n) is 6.88. The molecule has 1 fully saturated rings. The molecule has 1 aliphatic rings. The van der Waals surface area contributed by atoms with Gasteiger partial charge < -0.3 is 5.32 Å². The van der Waals surface area contributed by atoms with Crippen molar-refractivity contribution in [1.82, 2.24) is 10.2 Å². The van der Waals surface area contributed by atoms with Crippen molar-refractivity contribution in [2.45, 2.75) is 25.2 Å². The number of carbonyl (C=O) groups is 1. The summed E-state index contributed by atoms with van der Waals surface area (Å²) in [7, 11) is 0. The molecule has 0 bridgehead atoms. The third-order valence-electron chi connectivity index (χ3n) is 3.30. The van der Waals surface area contributed by atoms with Gasteiger partial charge >= 0.3 is 0 Å². The zero-order valence-electron chi connectivity index (χ0n) is 11.2. The number of carbonyl (C=O) groups excluding carboxylic acids is 1. The van der Waals surface area contributed by atoms with Crippen LogP contribution in [0.4, 0.5) is 5.82 Å². The first-order valence-corrected chi connectivity index (χ1v) is 6.88. The lowest BCUT2D eigenvalue weighted by atomic mass is 10.2. The van der Waals surface area contributed by atoms with Crippen molar-refractivity contribution < 1.29 is 4.79 Å². The zero-order valence-corrected chi connectivity index (χ0v) is 11.2. The number of nitrogens with one attached hydrogen (secondary N) is 2. The number of nitrogens with zero attached hydrogens (tertiary/aromatic N) is 1. The predicted molar refractivity (Wildman–Crippen MR) is 79.3 cm³/mol. The van der Waals surface area contributed by atoms with E-state index in [1.54, 1.807) is 0 Å². The molecule has 1 aliphatic carbocycles. The van der Waals surface area contributed by atoms with Gasteiger partial charge in [-0.25, -0.2) is 0 Å². The van der Waals surface area contributed by atoms with Gasteiger partial charge in [0.1, 0.15) is 0 Å². The number of anilines is 1. The lowest BCUT2D eigenvalue weighted by Crippen LogP contribution is -2.10. The molecule has 0 radical (unpaired) electrons. The van der Waals surface area contributed by atoms with Crippen LogP contribution < -0.4 is 5.32 Å². The van der Waals surface area contributed by atoms with Crippen molar-refractivity contribution in [1.29, 1.82) is 0 Å². The van der Waals surface area contributed by atoms with Crippen LogP contribution in [0.25, 0.3) is 6.08 Å². The minimum atomic E-state index is -0.0500. The largest absolute Gasteiger partial charge is 0.309 e. The molecule has 1 saturated carbocycles. The SMILES string of the molecule is O=C(C/C=C/c1ccccc1)Nc1cc(C2CC2)[nH]n1.